The van der Waals surface area contributed by atoms with Gasteiger partial charge in [0.25, 0.3) is 0 Å². The molecule has 0 unspecified atom stereocenters. The molecule has 0 radical (unpaired) electrons. The van der Waals surface area contributed by atoms with Crippen molar-refractivity contribution in [3.63, 3.8) is 0 Å². The van der Waals surface area contributed by atoms with E-state index in [4.69, 9.17) is 14.2 Å². The average Bonchev–Trinajstić information content (AvgIpc) is 2.65. The van der Waals surface area contributed by atoms with Crippen molar-refractivity contribution in [2.24, 2.45) is 0 Å². The third kappa shape index (κ3) is 4.90. The summed E-state index contributed by atoms with van der Waals surface area (Å²) < 4.78 is 16.2. The molecule has 0 aliphatic heterocycles. The molecule has 0 aliphatic rings. The Balaban J connectivity index is 0.00000338. The quantitative estimate of drug-likeness (QED) is 0.447. The van der Waals surface area contributed by atoms with Crippen molar-refractivity contribution in [1.82, 2.24) is 0 Å². The van der Waals surface area contributed by atoms with Crippen LogP contribution in [0.1, 0.15) is 49.9 Å². The van der Waals surface area contributed by atoms with Crippen LogP contribution in [0.2, 0.25) is 0 Å². The van der Waals surface area contributed by atoms with E-state index >= 15 is 0 Å². The zero-order chi connectivity index (χ0) is 18.4. The Morgan fingerprint density at radius 1 is 0.808 bits per heavy atom. The molecule has 2 aromatic rings. The van der Waals surface area contributed by atoms with Crippen LogP contribution in [0.25, 0.3) is 0 Å². The van der Waals surface area contributed by atoms with Gasteiger partial charge in [0.2, 0.25) is 0 Å². The molecule has 0 saturated heterocycles. The standard InChI is InChI=1S/C22H30O3.W/c1-7-16-13-18(9-11-20(16)24-6)22(3,4)19-10-12-21(25-15-23-5)17(8-2)14-19;/h9-14H,7-8,15H2,1-6H3;. The Labute approximate surface area is 172 Å². The van der Waals surface area contributed by atoms with Crippen LogP contribution in [-0.2, 0) is 44.1 Å². The van der Waals surface area contributed by atoms with Gasteiger partial charge in [-0.15, -0.1) is 0 Å². The SMILES string of the molecule is CCc1cc(C(C)(C)c2ccc(OCOC)c(CC)c2)ccc1OC.[W]. The van der Waals surface area contributed by atoms with Gasteiger partial charge < -0.3 is 14.2 Å². The first-order chi connectivity index (χ1) is 12.0. The molecule has 2 rings (SSSR count). The van der Waals surface area contributed by atoms with Crippen LogP contribution in [0.4, 0.5) is 0 Å². The van der Waals surface area contributed by atoms with Gasteiger partial charge in [0.05, 0.1) is 7.11 Å². The summed E-state index contributed by atoms with van der Waals surface area (Å²) in [5.74, 6) is 1.85. The van der Waals surface area contributed by atoms with Crippen LogP contribution in [0.3, 0.4) is 0 Å². The number of hydrogen-bond acceptors (Lipinski definition) is 3. The maximum Gasteiger partial charge on any atom is 0.188 e. The van der Waals surface area contributed by atoms with Gasteiger partial charge in [-0.05, 0) is 47.2 Å². The molecule has 0 spiro atoms. The van der Waals surface area contributed by atoms with Crippen molar-refractivity contribution in [1.29, 1.82) is 0 Å². The van der Waals surface area contributed by atoms with Crippen molar-refractivity contribution < 1.29 is 35.3 Å². The van der Waals surface area contributed by atoms with Crippen molar-refractivity contribution >= 4 is 0 Å². The topological polar surface area (TPSA) is 27.7 Å². The van der Waals surface area contributed by atoms with Crippen LogP contribution in [0.5, 0.6) is 11.5 Å². The molecule has 0 aliphatic carbocycles. The average molecular weight is 526 g/mol. The zero-order valence-electron chi connectivity index (χ0n) is 16.7. The minimum absolute atomic E-state index is 0. The molecular formula is C22H30O3W. The molecule has 4 heteroatoms. The summed E-state index contributed by atoms with van der Waals surface area (Å²) in [4.78, 5) is 0. The Morgan fingerprint density at radius 3 is 1.77 bits per heavy atom. The molecule has 0 bridgehead atoms. The summed E-state index contributed by atoms with van der Waals surface area (Å²) in [5.41, 5.74) is 4.91. The van der Waals surface area contributed by atoms with E-state index in [9.17, 15) is 0 Å². The van der Waals surface area contributed by atoms with Crippen LogP contribution >= 0.6 is 0 Å². The van der Waals surface area contributed by atoms with Crippen molar-refractivity contribution in [2.45, 2.75) is 46.0 Å². The van der Waals surface area contributed by atoms with E-state index in [0.29, 0.717) is 0 Å². The minimum atomic E-state index is -0.0973. The summed E-state index contributed by atoms with van der Waals surface area (Å²) in [6.45, 7) is 9.10. The van der Waals surface area contributed by atoms with Crippen LogP contribution in [0, 0.1) is 0 Å². The van der Waals surface area contributed by atoms with Crippen molar-refractivity contribution in [3.8, 4) is 11.5 Å². The Morgan fingerprint density at radius 2 is 1.31 bits per heavy atom. The number of hydrogen-bond donors (Lipinski definition) is 0. The summed E-state index contributed by atoms with van der Waals surface area (Å²) in [6, 6.07) is 13.0. The number of ether oxygens (including phenoxy) is 3. The second kappa shape index (κ2) is 10.1. The first-order valence-corrected chi connectivity index (χ1v) is 8.90. The number of benzene rings is 2. The van der Waals surface area contributed by atoms with Crippen LogP contribution in [-0.4, -0.2) is 21.0 Å². The second-order valence-electron chi connectivity index (χ2n) is 6.73. The molecule has 0 amide bonds. The predicted molar refractivity (Wildman–Crippen MR) is 103 cm³/mol. The first kappa shape index (κ1) is 22.7. The maximum atomic E-state index is 5.68. The summed E-state index contributed by atoms with van der Waals surface area (Å²) in [6.07, 6.45) is 1.88. The third-order valence-electron chi connectivity index (χ3n) is 4.88. The molecule has 0 saturated carbocycles. The molecule has 0 heterocycles. The molecule has 0 N–H and O–H groups in total. The van der Waals surface area contributed by atoms with E-state index in [1.54, 1.807) is 14.2 Å². The minimum Gasteiger partial charge on any atom is -0.496 e. The van der Waals surface area contributed by atoms with Gasteiger partial charge in [-0.25, -0.2) is 0 Å². The van der Waals surface area contributed by atoms with Gasteiger partial charge in [0.1, 0.15) is 11.5 Å². The van der Waals surface area contributed by atoms with Gasteiger partial charge >= 0.3 is 0 Å². The van der Waals surface area contributed by atoms with Crippen molar-refractivity contribution in [3.05, 3.63) is 58.7 Å². The van der Waals surface area contributed by atoms with Crippen LogP contribution in [0.15, 0.2) is 36.4 Å². The van der Waals surface area contributed by atoms with E-state index in [1.807, 2.05) is 0 Å². The van der Waals surface area contributed by atoms with Gasteiger partial charge in [-0.2, -0.15) is 0 Å². The first-order valence-electron chi connectivity index (χ1n) is 8.90. The molecule has 0 atom stereocenters. The normalized spacial score (nSPS) is 11.0. The van der Waals surface area contributed by atoms with E-state index in [2.05, 4.69) is 64.1 Å². The van der Waals surface area contributed by atoms with E-state index in [1.165, 1.54) is 22.3 Å². The third-order valence-corrected chi connectivity index (χ3v) is 4.88. The fourth-order valence-electron chi connectivity index (χ4n) is 3.12. The Kier molecular flexibility index (Phi) is 8.86. The van der Waals surface area contributed by atoms with E-state index in [-0.39, 0.29) is 33.3 Å². The van der Waals surface area contributed by atoms with Crippen molar-refractivity contribution in [2.75, 3.05) is 21.0 Å². The smallest absolute Gasteiger partial charge is 0.188 e. The molecule has 0 aromatic heterocycles. The molecule has 26 heavy (non-hydrogen) atoms. The Bertz CT molecular complexity index is 711. The summed E-state index contributed by atoms with van der Waals surface area (Å²) >= 11 is 0. The predicted octanol–water partition coefficient (Wildman–Crippen LogP) is 5.13. The fraction of sp³-hybridized carbons (Fsp3) is 0.455. The fourth-order valence-corrected chi connectivity index (χ4v) is 3.12. The van der Waals surface area contributed by atoms with Gasteiger partial charge in [0.15, 0.2) is 6.79 Å². The summed E-state index contributed by atoms with van der Waals surface area (Å²) in [5, 5.41) is 0. The summed E-state index contributed by atoms with van der Waals surface area (Å²) in [7, 11) is 3.36. The van der Waals surface area contributed by atoms with E-state index < -0.39 is 0 Å². The van der Waals surface area contributed by atoms with E-state index in [0.717, 1.165) is 24.3 Å². The number of methoxy groups -OCH3 is 2. The Hall–Kier alpha value is -1.31. The van der Waals surface area contributed by atoms with Gasteiger partial charge in [-0.3, -0.25) is 0 Å². The largest absolute Gasteiger partial charge is 0.496 e. The molecule has 142 valence electrons. The van der Waals surface area contributed by atoms with Crippen LogP contribution < -0.4 is 9.47 Å². The number of rotatable bonds is 8. The maximum absolute atomic E-state index is 5.68. The molecule has 0 fully saturated rings. The monoisotopic (exact) mass is 526 g/mol. The van der Waals surface area contributed by atoms with Gasteiger partial charge in [-0.1, -0.05) is 52.0 Å². The van der Waals surface area contributed by atoms with Gasteiger partial charge in [0, 0.05) is 33.6 Å². The molecule has 2 aromatic carbocycles. The number of aryl methyl sites for hydroxylation is 2. The zero-order valence-corrected chi connectivity index (χ0v) is 19.7. The second-order valence-corrected chi connectivity index (χ2v) is 6.73. The molecule has 3 nitrogen and oxygen atoms in total. The molecular weight excluding hydrogens is 496 g/mol.